The molecule has 0 unspecified atom stereocenters. The minimum atomic E-state index is -0.238. The van der Waals surface area contributed by atoms with Gasteiger partial charge >= 0.3 is 0 Å². The predicted octanol–water partition coefficient (Wildman–Crippen LogP) is 4.09. The molecule has 0 aliphatic rings. The van der Waals surface area contributed by atoms with Crippen LogP contribution in [0.1, 0.15) is 23.0 Å². The van der Waals surface area contributed by atoms with Crippen LogP contribution in [-0.2, 0) is 4.79 Å². The van der Waals surface area contributed by atoms with Gasteiger partial charge in [0.15, 0.2) is 0 Å². The largest absolute Gasteiger partial charge is 0.469 e. The molecule has 1 heterocycles. The Bertz CT molecular complexity index is 722. The highest BCUT2D eigenvalue weighted by Gasteiger charge is 2.13. The third-order valence-corrected chi connectivity index (χ3v) is 4.38. The molecule has 0 aliphatic heterocycles. The van der Waals surface area contributed by atoms with Crippen LogP contribution in [0.5, 0.6) is 0 Å². The molecule has 2 N–H and O–H groups in total. The van der Waals surface area contributed by atoms with E-state index in [0.29, 0.717) is 22.7 Å². The number of amides is 2. The van der Waals surface area contributed by atoms with Crippen molar-refractivity contribution in [2.75, 3.05) is 16.4 Å². The Morgan fingerprint density at radius 3 is 2.42 bits per heavy atom. The summed E-state index contributed by atoms with van der Waals surface area (Å²) in [6.45, 7) is 7.27. The predicted molar refractivity (Wildman–Crippen MR) is 98.6 cm³/mol. The summed E-state index contributed by atoms with van der Waals surface area (Å²) in [5.74, 6) is 1.11. The summed E-state index contributed by atoms with van der Waals surface area (Å²) in [5, 5.41) is 5.46. The van der Waals surface area contributed by atoms with E-state index < -0.39 is 0 Å². The van der Waals surface area contributed by atoms with E-state index in [0.717, 1.165) is 5.75 Å². The number of anilines is 2. The first kappa shape index (κ1) is 17.9. The van der Waals surface area contributed by atoms with Gasteiger partial charge in [-0.05, 0) is 44.2 Å². The number of carbonyl (C=O) groups is 2. The first-order chi connectivity index (χ1) is 11.5. The van der Waals surface area contributed by atoms with Crippen molar-refractivity contribution >= 4 is 35.0 Å². The number of nitrogens with one attached hydrogen (secondary N) is 2. The normalized spacial score (nSPS) is 11.6. The van der Waals surface area contributed by atoms with Crippen molar-refractivity contribution in [2.45, 2.75) is 19.1 Å². The van der Waals surface area contributed by atoms with Gasteiger partial charge in [-0.2, -0.15) is 0 Å². The van der Waals surface area contributed by atoms with Crippen LogP contribution in [0.4, 0.5) is 11.4 Å². The van der Waals surface area contributed by atoms with E-state index >= 15 is 0 Å². The number of carbonyl (C=O) groups excluding carboxylic acids is 2. The van der Waals surface area contributed by atoms with Crippen molar-refractivity contribution in [2.24, 2.45) is 0 Å². The Morgan fingerprint density at radius 1 is 1.25 bits per heavy atom. The fourth-order valence-electron chi connectivity index (χ4n) is 1.93. The SMILES string of the molecule is C=CCS[C@H](C)C(=O)Nc1ccc(NC(=O)c2coc(C)c2)cc1. The lowest BCUT2D eigenvalue weighted by Crippen LogP contribution is -2.22. The molecule has 126 valence electrons. The third-order valence-electron chi connectivity index (χ3n) is 3.24. The van der Waals surface area contributed by atoms with Crippen LogP contribution in [0, 0.1) is 6.92 Å². The number of hydrogen-bond donors (Lipinski definition) is 2. The van der Waals surface area contributed by atoms with Crippen LogP contribution in [0.3, 0.4) is 0 Å². The average molecular weight is 344 g/mol. The molecule has 5 nitrogen and oxygen atoms in total. The quantitative estimate of drug-likeness (QED) is 0.742. The van der Waals surface area contributed by atoms with Crippen LogP contribution in [-0.4, -0.2) is 22.8 Å². The number of rotatable bonds is 7. The van der Waals surface area contributed by atoms with E-state index in [9.17, 15) is 9.59 Å². The van der Waals surface area contributed by atoms with Crippen molar-refractivity contribution < 1.29 is 14.0 Å². The Kier molecular flexibility index (Phi) is 6.26. The highest BCUT2D eigenvalue weighted by molar-refractivity contribution is 8.00. The molecule has 0 saturated heterocycles. The fourth-order valence-corrected chi connectivity index (χ4v) is 2.57. The molecule has 0 fully saturated rings. The zero-order valence-electron chi connectivity index (χ0n) is 13.7. The van der Waals surface area contributed by atoms with Crippen LogP contribution in [0.2, 0.25) is 0 Å². The van der Waals surface area contributed by atoms with Gasteiger partial charge in [0.1, 0.15) is 12.0 Å². The zero-order valence-corrected chi connectivity index (χ0v) is 14.5. The van der Waals surface area contributed by atoms with E-state index in [4.69, 9.17) is 4.42 Å². The molecule has 0 radical (unpaired) electrons. The maximum atomic E-state index is 12.0. The molecular weight excluding hydrogens is 324 g/mol. The van der Waals surface area contributed by atoms with Gasteiger partial charge < -0.3 is 15.1 Å². The molecule has 2 amide bonds. The van der Waals surface area contributed by atoms with E-state index in [1.807, 2.05) is 6.92 Å². The molecule has 6 heteroatoms. The Labute approximate surface area is 145 Å². The summed E-state index contributed by atoms with van der Waals surface area (Å²) < 4.78 is 5.12. The van der Waals surface area contributed by atoms with E-state index in [1.54, 1.807) is 43.3 Å². The average Bonchev–Trinajstić information content (AvgIpc) is 3.01. The van der Waals surface area contributed by atoms with Crippen molar-refractivity contribution in [1.82, 2.24) is 0 Å². The second-order valence-electron chi connectivity index (χ2n) is 5.23. The Balaban J connectivity index is 1.91. The van der Waals surface area contributed by atoms with Gasteiger partial charge in [0.25, 0.3) is 5.91 Å². The van der Waals surface area contributed by atoms with Crippen molar-refractivity contribution in [3.8, 4) is 0 Å². The molecule has 1 atom stereocenters. The van der Waals surface area contributed by atoms with Crippen molar-refractivity contribution in [1.29, 1.82) is 0 Å². The van der Waals surface area contributed by atoms with Gasteiger partial charge in [0.05, 0.1) is 10.8 Å². The molecule has 24 heavy (non-hydrogen) atoms. The maximum absolute atomic E-state index is 12.0. The smallest absolute Gasteiger partial charge is 0.258 e. The van der Waals surface area contributed by atoms with Gasteiger partial charge in [-0.3, -0.25) is 9.59 Å². The van der Waals surface area contributed by atoms with Gasteiger partial charge in [-0.15, -0.1) is 18.3 Å². The lowest BCUT2D eigenvalue weighted by Gasteiger charge is -2.11. The standard InChI is InChI=1S/C18H20N2O3S/c1-4-9-24-13(3)17(21)19-15-5-7-16(8-6-15)20-18(22)14-10-12(2)23-11-14/h4-8,10-11,13H,1,9H2,2-3H3,(H,19,21)(H,20,22)/t13-/m1/s1. The lowest BCUT2D eigenvalue weighted by atomic mass is 10.2. The van der Waals surface area contributed by atoms with Crippen LogP contribution in [0.15, 0.2) is 53.7 Å². The number of aryl methyl sites for hydroxylation is 1. The molecule has 2 rings (SSSR count). The Morgan fingerprint density at radius 2 is 1.88 bits per heavy atom. The van der Waals surface area contributed by atoms with Crippen molar-refractivity contribution in [3.63, 3.8) is 0 Å². The maximum Gasteiger partial charge on any atom is 0.258 e. The van der Waals surface area contributed by atoms with Crippen LogP contribution in [0.25, 0.3) is 0 Å². The highest BCUT2D eigenvalue weighted by atomic mass is 32.2. The van der Waals surface area contributed by atoms with E-state index in [-0.39, 0.29) is 17.1 Å². The number of furan rings is 1. The van der Waals surface area contributed by atoms with Crippen LogP contribution < -0.4 is 10.6 Å². The third kappa shape index (κ3) is 5.03. The molecular formula is C18H20N2O3S. The van der Waals surface area contributed by atoms with Gasteiger partial charge in [-0.1, -0.05) is 6.08 Å². The summed E-state index contributed by atoms with van der Waals surface area (Å²) >= 11 is 1.52. The van der Waals surface area contributed by atoms with Gasteiger partial charge in [-0.25, -0.2) is 0 Å². The molecule has 1 aromatic carbocycles. The summed E-state index contributed by atoms with van der Waals surface area (Å²) in [7, 11) is 0. The molecule has 0 saturated carbocycles. The zero-order chi connectivity index (χ0) is 17.5. The fraction of sp³-hybridized carbons (Fsp3) is 0.222. The molecule has 1 aromatic heterocycles. The summed E-state index contributed by atoms with van der Waals surface area (Å²) in [6, 6.07) is 8.65. The molecule has 0 aliphatic carbocycles. The number of thioether (sulfide) groups is 1. The summed E-state index contributed by atoms with van der Waals surface area (Å²) in [6.07, 6.45) is 3.19. The van der Waals surface area contributed by atoms with Crippen LogP contribution >= 0.6 is 11.8 Å². The summed E-state index contributed by atoms with van der Waals surface area (Å²) in [4.78, 5) is 24.1. The topological polar surface area (TPSA) is 71.3 Å². The first-order valence-electron chi connectivity index (χ1n) is 7.49. The molecule has 0 spiro atoms. The molecule has 2 aromatic rings. The van der Waals surface area contributed by atoms with E-state index in [1.165, 1.54) is 18.0 Å². The highest BCUT2D eigenvalue weighted by Crippen LogP contribution is 2.17. The van der Waals surface area contributed by atoms with Gasteiger partial charge in [0.2, 0.25) is 5.91 Å². The Hall–Kier alpha value is -2.47. The summed E-state index contributed by atoms with van der Waals surface area (Å²) in [5.41, 5.74) is 1.80. The second kappa shape index (κ2) is 8.40. The number of benzene rings is 1. The second-order valence-corrected chi connectivity index (χ2v) is 6.60. The van der Waals surface area contributed by atoms with E-state index in [2.05, 4.69) is 17.2 Å². The minimum absolute atomic E-state index is 0.0625. The molecule has 0 bridgehead atoms. The monoisotopic (exact) mass is 344 g/mol. The van der Waals surface area contributed by atoms with Crippen molar-refractivity contribution in [3.05, 3.63) is 60.6 Å². The lowest BCUT2D eigenvalue weighted by molar-refractivity contribution is -0.115. The minimum Gasteiger partial charge on any atom is -0.469 e. The van der Waals surface area contributed by atoms with Gasteiger partial charge in [0, 0.05) is 17.1 Å². The first-order valence-corrected chi connectivity index (χ1v) is 8.54. The number of hydrogen-bond acceptors (Lipinski definition) is 4.